The highest BCUT2D eigenvalue weighted by Crippen LogP contribution is 2.49. The molecular weight excluding hydrogens is 386 g/mol. The van der Waals surface area contributed by atoms with Crippen LogP contribution in [0.2, 0.25) is 19.6 Å². The molecule has 0 radical (unpaired) electrons. The van der Waals surface area contributed by atoms with E-state index in [1.807, 2.05) is 18.2 Å². The third kappa shape index (κ3) is 4.36. The monoisotopic (exact) mass is 417 g/mol. The quantitative estimate of drug-likeness (QED) is 0.459. The van der Waals surface area contributed by atoms with Crippen LogP contribution in [0.25, 0.3) is 0 Å². The number of hydrogen-bond acceptors (Lipinski definition) is 3. The standard InChI is InChI=1S/C26H31NO2Si/c1-26(25(30(2,3)4)27-22-18-12-7-13-19-22)28-23(20-14-8-5-9-15-20)24(29-26)21-16-10-6-11-17-21/h5-19,23-25,27H,1-4H3/t23-,24-,25-/m1/s1. The fourth-order valence-electron chi connectivity index (χ4n) is 4.40. The smallest absolute Gasteiger partial charge is 0.184 e. The summed E-state index contributed by atoms with van der Waals surface area (Å²) in [6, 6.07) is 31.2. The first kappa shape index (κ1) is 20.9. The fourth-order valence-corrected chi connectivity index (χ4v) is 6.71. The predicted molar refractivity (Wildman–Crippen MR) is 126 cm³/mol. The normalized spacial score (nSPS) is 21.9. The van der Waals surface area contributed by atoms with Crippen LogP contribution < -0.4 is 5.32 Å². The van der Waals surface area contributed by atoms with Gasteiger partial charge in [-0.05, 0) is 30.2 Å². The van der Waals surface area contributed by atoms with E-state index in [4.69, 9.17) is 9.47 Å². The van der Waals surface area contributed by atoms with E-state index >= 15 is 0 Å². The molecule has 3 atom stereocenters. The summed E-state index contributed by atoms with van der Waals surface area (Å²) in [4.78, 5) is 0. The zero-order valence-corrected chi connectivity index (χ0v) is 19.2. The number of nitrogens with one attached hydrogen (secondary N) is 1. The van der Waals surface area contributed by atoms with Crippen molar-refractivity contribution in [2.75, 3.05) is 5.32 Å². The summed E-state index contributed by atoms with van der Waals surface area (Å²) >= 11 is 0. The van der Waals surface area contributed by atoms with Gasteiger partial charge in [-0.1, -0.05) is 98.5 Å². The summed E-state index contributed by atoms with van der Waals surface area (Å²) in [5.41, 5.74) is 3.46. The van der Waals surface area contributed by atoms with Crippen LogP contribution in [-0.2, 0) is 9.47 Å². The largest absolute Gasteiger partial charge is 0.380 e. The van der Waals surface area contributed by atoms with Crippen LogP contribution in [0.3, 0.4) is 0 Å². The fraction of sp³-hybridized carbons (Fsp3) is 0.308. The van der Waals surface area contributed by atoms with Crippen molar-refractivity contribution in [2.24, 2.45) is 0 Å². The Morgan fingerprint density at radius 1 is 0.700 bits per heavy atom. The molecule has 30 heavy (non-hydrogen) atoms. The topological polar surface area (TPSA) is 30.5 Å². The average Bonchev–Trinajstić information content (AvgIpc) is 3.12. The molecule has 0 bridgehead atoms. The minimum Gasteiger partial charge on any atom is -0.380 e. The van der Waals surface area contributed by atoms with E-state index in [2.05, 4.69) is 105 Å². The van der Waals surface area contributed by atoms with Gasteiger partial charge in [-0.25, -0.2) is 0 Å². The second kappa shape index (κ2) is 8.38. The molecule has 0 spiro atoms. The van der Waals surface area contributed by atoms with Crippen molar-refractivity contribution < 1.29 is 9.47 Å². The number of benzene rings is 3. The SMILES string of the molecule is CC1([C@H](Nc2ccccc2)[Si](C)(C)C)O[C@H](c2ccccc2)[C@@H](c2ccccc2)O1. The maximum atomic E-state index is 6.81. The highest BCUT2D eigenvalue weighted by Gasteiger charge is 2.54. The Morgan fingerprint density at radius 3 is 1.50 bits per heavy atom. The van der Waals surface area contributed by atoms with Gasteiger partial charge in [-0.15, -0.1) is 0 Å². The van der Waals surface area contributed by atoms with Crippen molar-refractivity contribution >= 4 is 13.8 Å². The average molecular weight is 418 g/mol. The molecule has 0 saturated carbocycles. The number of hydrogen-bond donors (Lipinski definition) is 1. The van der Waals surface area contributed by atoms with Crippen molar-refractivity contribution in [1.82, 2.24) is 0 Å². The molecule has 1 aliphatic rings. The Morgan fingerprint density at radius 2 is 1.10 bits per heavy atom. The van der Waals surface area contributed by atoms with Crippen molar-refractivity contribution in [3.05, 3.63) is 102 Å². The summed E-state index contributed by atoms with van der Waals surface area (Å²) in [5.74, 6) is -0.749. The van der Waals surface area contributed by atoms with Gasteiger partial charge in [0, 0.05) is 5.69 Å². The lowest BCUT2D eigenvalue weighted by atomic mass is 9.99. The number of rotatable bonds is 6. The van der Waals surface area contributed by atoms with Crippen LogP contribution in [0.1, 0.15) is 30.3 Å². The molecule has 1 aliphatic heterocycles. The molecular formula is C26H31NO2Si. The van der Waals surface area contributed by atoms with Gasteiger partial charge >= 0.3 is 0 Å². The van der Waals surface area contributed by atoms with E-state index in [1.54, 1.807) is 0 Å². The first-order valence-corrected chi connectivity index (χ1v) is 14.2. The molecule has 1 fully saturated rings. The number of ether oxygens (including phenoxy) is 2. The van der Waals surface area contributed by atoms with Crippen molar-refractivity contribution in [3.8, 4) is 0 Å². The summed E-state index contributed by atoms with van der Waals surface area (Å²) in [6.07, 6.45) is -0.315. The number of anilines is 1. The molecule has 3 nitrogen and oxygen atoms in total. The second-order valence-corrected chi connectivity index (χ2v) is 14.5. The van der Waals surface area contributed by atoms with Gasteiger partial charge in [0.25, 0.3) is 0 Å². The van der Waals surface area contributed by atoms with Gasteiger partial charge < -0.3 is 14.8 Å². The highest BCUT2D eigenvalue weighted by molar-refractivity contribution is 6.78. The molecule has 1 N–H and O–H groups in total. The molecule has 3 aromatic carbocycles. The molecule has 4 rings (SSSR count). The van der Waals surface area contributed by atoms with E-state index in [0.29, 0.717) is 0 Å². The van der Waals surface area contributed by atoms with Gasteiger partial charge in [-0.2, -0.15) is 0 Å². The lowest BCUT2D eigenvalue weighted by molar-refractivity contribution is -0.161. The van der Waals surface area contributed by atoms with Gasteiger partial charge in [0.2, 0.25) is 0 Å². The van der Waals surface area contributed by atoms with Crippen molar-refractivity contribution in [3.63, 3.8) is 0 Å². The molecule has 4 heteroatoms. The lowest BCUT2D eigenvalue weighted by Crippen LogP contribution is -2.58. The molecule has 156 valence electrons. The Labute approximate surface area is 181 Å². The van der Waals surface area contributed by atoms with Gasteiger partial charge in [0.1, 0.15) is 12.2 Å². The lowest BCUT2D eigenvalue weighted by Gasteiger charge is -2.41. The molecule has 0 unspecified atom stereocenters. The van der Waals surface area contributed by atoms with Crippen LogP contribution >= 0.6 is 0 Å². The third-order valence-electron chi connectivity index (χ3n) is 5.73. The zero-order valence-electron chi connectivity index (χ0n) is 18.2. The van der Waals surface area contributed by atoms with E-state index in [1.165, 1.54) is 0 Å². The Bertz CT molecular complexity index is 894. The summed E-state index contributed by atoms with van der Waals surface area (Å²) in [6.45, 7) is 9.18. The molecule has 1 heterocycles. The molecule has 0 aliphatic carbocycles. The van der Waals surface area contributed by atoms with Crippen molar-refractivity contribution in [2.45, 2.75) is 50.2 Å². The molecule has 1 saturated heterocycles. The summed E-state index contributed by atoms with van der Waals surface area (Å²) in [7, 11) is -1.73. The Hall–Kier alpha value is -2.40. The summed E-state index contributed by atoms with van der Waals surface area (Å²) in [5, 5.41) is 3.76. The van der Waals surface area contributed by atoms with E-state index < -0.39 is 13.9 Å². The predicted octanol–water partition coefficient (Wildman–Crippen LogP) is 6.59. The minimum atomic E-state index is -1.73. The van der Waals surface area contributed by atoms with Gasteiger partial charge in [-0.3, -0.25) is 0 Å². The van der Waals surface area contributed by atoms with Gasteiger partial charge in [0.15, 0.2) is 5.79 Å². The first-order valence-electron chi connectivity index (χ1n) is 10.6. The third-order valence-corrected chi connectivity index (χ3v) is 8.13. The molecule has 3 aromatic rings. The van der Waals surface area contributed by atoms with E-state index in [-0.39, 0.29) is 17.9 Å². The maximum absolute atomic E-state index is 6.81. The van der Waals surface area contributed by atoms with Crippen LogP contribution in [-0.4, -0.2) is 19.5 Å². The Balaban J connectivity index is 1.72. The first-order chi connectivity index (χ1) is 14.4. The van der Waals surface area contributed by atoms with Crippen molar-refractivity contribution in [1.29, 1.82) is 0 Å². The number of para-hydroxylation sites is 1. The molecule has 0 amide bonds. The zero-order chi connectivity index (χ0) is 21.2. The maximum Gasteiger partial charge on any atom is 0.184 e. The van der Waals surface area contributed by atoms with E-state index in [9.17, 15) is 0 Å². The van der Waals surface area contributed by atoms with Crippen LogP contribution in [0.15, 0.2) is 91.0 Å². The van der Waals surface area contributed by atoms with Gasteiger partial charge in [0.05, 0.1) is 13.7 Å². The van der Waals surface area contributed by atoms with Crippen LogP contribution in [0.4, 0.5) is 5.69 Å². The summed E-state index contributed by atoms with van der Waals surface area (Å²) < 4.78 is 13.6. The molecule has 0 aromatic heterocycles. The Kier molecular flexibility index (Phi) is 5.83. The van der Waals surface area contributed by atoms with Crippen LogP contribution in [0, 0.1) is 0 Å². The second-order valence-electron chi connectivity index (χ2n) is 9.22. The van der Waals surface area contributed by atoms with E-state index in [0.717, 1.165) is 16.8 Å². The van der Waals surface area contributed by atoms with Crippen LogP contribution in [0.5, 0.6) is 0 Å². The highest BCUT2D eigenvalue weighted by atomic mass is 28.3. The minimum absolute atomic E-state index is 0.0762.